The largest absolute Gasteiger partial charge is 0.392 e. The lowest BCUT2D eigenvalue weighted by molar-refractivity contribution is 0.158. The predicted molar refractivity (Wildman–Crippen MR) is 138 cm³/mol. The van der Waals surface area contributed by atoms with Gasteiger partial charge in [-0.15, -0.1) is 0 Å². The molecular formula is C26H58N4O. The van der Waals surface area contributed by atoms with Crippen molar-refractivity contribution in [1.82, 2.24) is 16.0 Å². The third-order valence-electron chi connectivity index (χ3n) is 5.99. The number of nitrogens with two attached hydrogens (primary N) is 1. The summed E-state index contributed by atoms with van der Waals surface area (Å²) >= 11 is 0. The predicted octanol–water partition coefficient (Wildman–Crippen LogP) is 4.73. The minimum atomic E-state index is -0.178. The Labute approximate surface area is 195 Å². The van der Waals surface area contributed by atoms with Crippen molar-refractivity contribution in [2.24, 2.45) is 5.73 Å². The van der Waals surface area contributed by atoms with Gasteiger partial charge >= 0.3 is 0 Å². The molecule has 1 atom stereocenters. The molecule has 0 heterocycles. The molecule has 0 rings (SSSR count). The number of rotatable bonds is 27. The lowest BCUT2D eigenvalue weighted by atomic mass is 10.0. The Hall–Kier alpha value is -0.200. The van der Waals surface area contributed by atoms with Crippen molar-refractivity contribution >= 4 is 0 Å². The molecule has 5 nitrogen and oxygen atoms in total. The van der Waals surface area contributed by atoms with E-state index in [9.17, 15) is 5.11 Å². The van der Waals surface area contributed by atoms with Crippen LogP contribution in [0.2, 0.25) is 0 Å². The number of hydrogen-bond acceptors (Lipinski definition) is 5. The zero-order valence-electron chi connectivity index (χ0n) is 21.1. The van der Waals surface area contributed by atoms with Gasteiger partial charge in [-0.3, -0.25) is 0 Å². The van der Waals surface area contributed by atoms with Crippen LogP contribution in [0.4, 0.5) is 0 Å². The molecule has 0 aliphatic heterocycles. The average Bonchev–Trinajstić information content (AvgIpc) is 2.77. The van der Waals surface area contributed by atoms with E-state index in [0.717, 1.165) is 65.1 Å². The van der Waals surface area contributed by atoms with Crippen LogP contribution >= 0.6 is 0 Å². The van der Waals surface area contributed by atoms with Gasteiger partial charge < -0.3 is 26.8 Å². The highest BCUT2D eigenvalue weighted by atomic mass is 16.3. The molecule has 0 aliphatic carbocycles. The van der Waals surface area contributed by atoms with Crippen LogP contribution in [0.3, 0.4) is 0 Å². The van der Waals surface area contributed by atoms with Gasteiger partial charge in [-0.05, 0) is 71.4 Å². The van der Waals surface area contributed by atoms with Crippen molar-refractivity contribution in [3.8, 4) is 0 Å². The first-order valence-electron chi connectivity index (χ1n) is 13.8. The molecule has 0 saturated carbocycles. The summed E-state index contributed by atoms with van der Waals surface area (Å²) < 4.78 is 0. The highest BCUT2D eigenvalue weighted by Gasteiger charge is 2.03. The normalized spacial score (nSPS) is 12.5. The Morgan fingerprint density at radius 2 is 1.00 bits per heavy atom. The Morgan fingerprint density at radius 3 is 1.55 bits per heavy atom. The highest BCUT2D eigenvalue weighted by Crippen LogP contribution is 2.12. The summed E-state index contributed by atoms with van der Waals surface area (Å²) in [6.07, 6.45) is 21.9. The van der Waals surface area contributed by atoms with E-state index in [4.69, 9.17) is 5.73 Å². The summed E-state index contributed by atoms with van der Waals surface area (Å²) in [6, 6.07) is 0. The number of unbranched alkanes of at least 4 members (excludes halogenated alkanes) is 12. The van der Waals surface area contributed by atoms with Gasteiger partial charge in [0.1, 0.15) is 0 Å². The fourth-order valence-corrected chi connectivity index (χ4v) is 3.91. The average molecular weight is 443 g/mol. The third kappa shape index (κ3) is 27.8. The van der Waals surface area contributed by atoms with Crippen molar-refractivity contribution in [3.05, 3.63) is 0 Å². The molecule has 0 radical (unpaired) electrons. The topological polar surface area (TPSA) is 82.3 Å². The first kappa shape index (κ1) is 30.8. The molecule has 0 amide bonds. The summed E-state index contributed by atoms with van der Waals surface area (Å²) in [6.45, 7) is 9.09. The lowest BCUT2D eigenvalue weighted by Gasteiger charge is -2.12. The minimum absolute atomic E-state index is 0.178. The SMILES string of the molecule is CCCCCCCCCCCCCC[C@@H](O)CNCCCNCCCCNCCCN. The molecule has 0 bridgehead atoms. The maximum Gasteiger partial charge on any atom is 0.0664 e. The van der Waals surface area contributed by atoms with Crippen molar-refractivity contribution < 1.29 is 5.11 Å². The summed E-state index contributed by atoms with van der Waals surface area (Å²) in [4.78, 5) is 0. The van der Waals surface area contributed by atoms with Gasteiger partial charge in [0, 0.05) is 6.54 Å². The lowest BCUT2D eigenvalue weighted by Crippen LogP contribution is -2.29. The molecule has 188 valence electrons. The van der Waals surface area contributed by atoms with Gasteiger partial charge in [0.05, 0.1) is 6.10 Å². The van der Waals surface area contributed by atoms with Crippen LogP contribution in [0.25, 0.3) is 0 Å². The number of aliphatic hydroxyl groups excluding tert-OH is 1. The van der Waals surface area contributed by atoms with Gasteiger partial charge in [-0.25, -0.2) is 0 Å². The van der Waals surface area contributed by atoms with E-state index in [1.807, 2.05) is 0 Å². The van der Waals surface area contributed by atoms with Crippen molar-refractivity contribution in [2.45, 2.75) is 122 Å². The maximum atomic E-state index is 10.1. The van der Waals surface area contributed by atoms with Crippen LogP contribution in [-0.2, 0) is 0 Å². The van der Waals surface area contributed by atoms with Crippen LogP contribution in [-0.4, -0.2) is 57.0 Å². The van der Waals surface area contributed by atoms with Gasteiger partial charge in [0.2, 0.25) is 0 Å². The van der Waals surface area contributed by atoms with E-state index in [1.54, 1.807) is 0 Å². The van der Waals surface area contributed by atoms with E-state index >= 15 is 0 Å². The van der Waals surface area contributed by atoms with E-state index in [0.29, 0.717) is 0 Å². The van der Waals surface area contributed by atoms with Crippen LogP contribution in [0, 0.1) is 0 Å². The first-order valence-corrected chi connectivity index (χ1v) is 13.8. The zero-order valence-corrected chi connectivity index (χ0v) is 21.1. The molecule has 6 N–H and O–H groups in total. The monoisotopic (exact) mass is 442 g/mol. The van der Waals surface area contributed by atoms with Crippen molar-refractivity contribution in [3.63, 3.8) is 0 Å². The summed E-state index contributed by atoms with van der Waals surface area (Å²) in [5.74, 6) is 0. The first-order chi connectivity index (χ1) is 15.3. The molecule has 0 fully saturated rings. The second-order valence-corrected chi connectivity index (χ2v) is 9.24. The minimum Gasteiger partial charge on any atom is -0.392 e. The fraction of sp³-hybridized carbons (Fsp3) is 1.00. The molecule has 0 aromatic heterocycles. The Bertz CT molecular complexity index is 318. The highest BCUT2D eigenvalue weighted by molar-refractivity contribution is 4.61. The van der Waals surface area contributed by atoms with Gasteiger partial charge in [0.25, 0.3) is 0 Å². The third-order valence-corrected chi connectivity index (χ3v) is 5.99. The standard InChI is InChI=1S/C26H58N4O/c1-2-3-4-5-6-7-8-9-10-11-12-13-18-26(31)25-30-24-17-23-29-21-15-14-20-28-22-16-19-27/h26,28-31H,2-25,27H2,1H3/t26-/m1/s1. The molecule has 0 saturated heterocycles. The molecule has 0 aromatic carbocycles. The van der Waals surface area contributed by atoms with Crippen molar-refractivity contribution in [2.75, 3.05) is 45.8 Å². The van der Waals surface area contributed by atoms with E-state index in [2.05, 4.69) is 22.9 Å². The number of nitrogens with one attached hydrogen (secondary N) is 3. The Morgan fingerprint density at radius 1 is 0.548 bits per heavy atom. The second-order valence-electron chi connectivity index (χ2n) is 9.24. The molecule has 0 unspecified atom stereocenters. The Balaban J connectivity index is 3.13. The fourth-order valence-electron chi connectivity index (χ4n) is 3.91. The molecule has 5 heteroatoms. The Kier molecular flexibility index (Phi) is 27.7. The maximum absolute atomic E-state index is 10.1. The summed E-state index contributed by atoms with van der Waals surface area (Å²) in [7, 11) is 0. The van der Waals surface area contributed by atoms with Crippen molar-refractivity contribution in [1.29, 1.82) is 0 Å². The number of hydrogen-bond donors (Lipinski definition) is 5. The summed E-state index contributed by atoms with van der Waals surface area (Å²) in [5, 5.41) is 20.4. The van der Waals surface area contributed by atoms with Gasteiger partial charge in [-0.1, -0.05) is 84.0 Å². The van der Waals surface area contributed by atoms with E-state index < -0.39 is 0 Å². The molecule has 31 heavy (non-hydrogen) atoms. The summed E-state index contributed by atoms with van der Waals surface area (Å²) in [5.41, 5.74) is 5.47. The second kappa shape index (κ2) is 27.8. The molecular weight excluding hydrogens is 384 g/mol. The van der Waals surface area contributed by atoms with Crippen LogP contribution < -0.4 is 21.7 Å². The number of aliphatic hydroxyl groups is 1. The van der Waals surface area contributed by atoms with E-state index in [1.165, 1.54) is 89.9 Å². The molecule has 0 aliphatic rings. The van der Waals surface area contributed by atoms with Crippen LogP contribution in [0.5, 0.6) is 0 Å². The molecule has 0 spiro atoms. The molecule has 0 aromatic rings. The van der Waals surface area contributed by atoms with E-state index in [-0.39, 0.29) is 6.10 Å². The smallest absolute Gasteiger partial charge is 0.0664 e. The van der Waals surface area contributed by atoms with Crippen LogP contribution in [0.15, 0.2) is 0 Å². The van der Waals surface area contributed by atoms with Gasteiger partial charge in [-0.2, -0.15) is 0 Å². The van der Waals surface area contributed by atoms with Crippen LogP contribution in [0.1, 0.15) is 116 Å². The zero-order chi connectivity index (χ0) is 22.7. The van der Waals surface area contributed by atoms with Gasteiger partial charge in [0.15, 0.2) is 0 Å². The quantitative estimate of drug-likeness (QED) is 0.119.